The van der Waals surface area contributed by atoms with Gasteiger partial charge in [0.05, 0.1) is 11.2 Å². The fourth-order valence-corrected chi connectivity index (χ4v) is 3.60. The molecule has 0 saturated heterocycles. The van der Waals surface area contributed by atoms with Gasteiger partial charge in [0.25, 0.3) is 0 Å². The zero-order chi connectivity index (χ0) is 14.3. The molecule has 0 atom stereocenters. The molecule has 0 spiro atoms. The summed E-state index contributed by atoms with van der Waals surface area (Å²) in [5, 5.41) is 6.21. The summed E-state index contributed by atoms with van der Waals surface area (Å²) < 4.78 is 1.34. The third-order valence-corrected chi connectivity index (χ3v) is 4.59. The Morgan fingerprint density at radius 2 is 1.95 bits per heavy atom. The zero-order valence-corrected chi connectivity index (χ0v) is 13.3. The van der Waals surface area contributed by atoms with Gasteiger partial charge in [0.2, 0.25) is 0 Å². The smallest absolute Gasteiger partial charge is 0.0712 e. The predicted octanol–water partition coefficient (Wildman–Crippen LogP) is 5.13. The number of hydrogen-bond donors (Lipinski definition) is 1. The van der Waals surface area contributed by atoms with Gasteiger partial charge in [-0.05, 0) is 38.0 Å². The molecule has 104 valence electrons. The van der Waals surface area contributed by atoms with Crippen LogP contribution in [0.1, 0.15) is 24.4 Å². The molecular formula is C17H20N2S. The van der Waals surface area contributed by atoms with E-state index < -0.39 is 0 Å². The van der Waals surface area contributed by atoms with E-state index in [-0.39, 0.29) is 0 Å². The van der Waals surface area contributed by atoms with Crippen molar-refractivity contribution in [3.63, 3.8) is 0 Å². The molecular weight excluding hydrogens is 264 g/mol. The first-order valence-electron chi connectivity index (χ1n) is 7.09. The fourth-order valence-electron chi connectivity index (χ4n) is 2.54. The van der Waals surface area contributed by atoms with Gasteiger partial charge in [0.1, 0.15) is 0 Å². The molecule has 3 heteroatoms. The molecule has 0 bridgehead atoms. The Kier molecular flexibility index (Phi) is 3.38. The summed E-state index contributed by atoms with van der Waals surface area (Å²) in [6.45, 7) is 9.71. The third-order valence-electron chi connectivity index (χ3n) is 3.52. The van der Waals surface area contributed by atoms with Gasteiger partial charge in [-0.15, -0.1) is 11.3 Å². The van der Waals surface area contributed by atoms with E-state index in [0.29, 0.717) is 5.92 Å². The maximum absolute atomic E-state index is 4.65. The summed E-state index contributed by atoms with van der Waals surface area (Å²) in [5.74, 6) is 0.639. The molecule has 2 aromatic heterocycles. The Labute approximate surface area is 123 Å². The van der Waals surface area contributed by atoms with E-state index in [1.54, 1.807) is 0 Å². The molecule has 3 aromatic rings. The second-order valence-electron chi connectivity index (χ2n) is 5.77. The molecule has 0 unspecified atom stereocenters. The highest BCUT2D eigenvalue weighted by atomic mass is 32.1. The SMILES string of the molecule is Cc1ccc2c(ccc3sc(C)c(NCC(C)C)c32)n1. The van der Waals surface area contributed by atoms with Crippen molar-refractivity contribution in [3.8, 4) is 0 Å². The minimum atomic E-state index is 0.639. The summed E-state index contributed by atoms with van der Waals surface area (Å²) in [6, 6.07) is 8.63. The van der Waals surface area contributed by atoms with Crippen LogP contribution < -0.4 is 5.32 Å². The van der Waals surface area contributed by atoms with Crippen molar-refractivity contribution in [1.29, 1.82) is 0 Å². The number of rotatable bonds is 3. The van der Waals surface area contributed by atoms with Crippen molar-refractivity contribution in [1.82, 2.24) is 4.98 Å². The molecule has 0 amide bonds. The van der Waals surface area contributed by atoms with Crippen LogP contribution in [0.4, 0.5) is 5.69 Å². The molecule has 1 N–H and O–H groups in total. The van der Waals surface area contributed by atoms with Gasteiger partial charge >= 0.3 is 0 Å². The van der Waals surface area contributed by atoms with Gasteiger partial charge < -0.3 is 5.32 Å². The Morgan fingerprint density at radius 3 is 2.70 bits per heavy atom. The van der Waals surface area contributed by atoms with E-state index in [1.165, 1.54) is 26.0 Å². The standard InChI is InChI=1S/C17H20N2S/c1-10(2)9-18-17-12(4)20-15-8-7-14-13(16(15)17)6-5-11(3)19-14/h5-8,10,18H,9H2,1-4H3. The molecule has 0 aliphatic heterocycles. The lowest BCUT2D eigenvalue weighted by Crippen LogP contribution is -2.08. The zero-order valence-electron chi connectivity index (χ0n) is 12.4. The quantitative estimate of drug-likeness (QED) is 0.721. The van der Waals surface area contributed by atoms with Crippen molar-refractivity contribution in [3.05, 3.63) is 34.8 Å². The van der Waals surface area contributed by atoms with Crippen LogP contribution >= 0.6 is 11.3 Å². The monoisotopic (exact) mass is 284 g/mol. The van der Waals surface area contributed by atoms with Gasteiger partial charge in [-0.3, -0.25) is 4.98 Å². The minimum absolute atomic E-state index is 0.639. The summed E-state index contributed by atoms with van der Waals surface area (Å²) in [4.78, 5) is 6.00. The number of nitrogens with zero attached hydrogens (tertiary/aromatic N) is 1. The van der Waals surface area contributed by atoms with Crippen LogP contribution in [0.2, 0.25) is 0 Å². The van der Waals surface area contributed by atoms with E-state index >= 15 is 0 Å². The first kappa shape index (κ1) is 13.4. The normalized spacial score (nSPS) is 11.7. The molecule has 0 aliphatic rings. The summed E-state index contributed by atoms with van der Waals surface area (Å²) in [6.07, 6.45) is 0. The summed E-state index contributed by atoms with van der Waals surface area (Å²) >= 11 is 1.86. The Morgan fingerprint density at radius 1 is 1.15 bits per heavy atom. The number of nitrogens with one attached hydrogen (secondary N) is 1. The second kappa shape index (κ2) is 5.06. The van der Waals surface area contributed by atoms with E-state index in [1.807, 2.05) is 18.3 Å². The lowest BCUT2D eigenvalue weighted by atomic mass is 10.1. The molecule has 0 aliphatic carbocycles. The van der Waals surface area contributed by atoms with Crippen LogP contribution in [0.3, 0.4) is 0 Å². The maximum Gasteiger partial charge on any atom is 0.0712 e. The highest BCUT2D eigenvalue weighted by Crippen LogP contribution is 2.39. The maximum atomic E-state index is 4.65. The number of aromatic nitrogens is 1. The van der Waals surface area contributed by atoms with E-state index in [4.69, 9.17) is 0 Å². The highest BCUT2D eigenvalue weighted by Gasteiger charge is 2.12. The number of benzene rings is 1. The van der Waals surface area contributed by atoms with Crippen LogP contribution in [0, 0.1) is 19.8 Å². The van der Waals surface area contributed by atoms with E-state index in [2.05, 4.69) is 55.3 Å². The molecule has 0 saturated carbocycles. The van der Waals surface area contributed by atoms with Crippen molar-refractivity contribution in [2.24, 2.45) is 5.92 Å². The van der Waals surface area contributed by atoms with Gasteiger partial charge in [0, 0.05) is 32.6 Å². The largest absolute Gasteiger partial charge is 0.383 e. The van der Waals surface area contributed by atoms with Crippen LogP contribution in [0.5, 0.6) is 0 Å². The molecule has 1 aromatic carbocycles. The lowest BCUT2D eigenvalue weighted by molar-refractivity contribution is 0.689. The van der Waals surface area contributed by atoms with Crippen LogP contribution in [-0.2, 0) is 0 Å². The molecule has 2 nitrogen and oxygen atoms in total. The van der Waals surface area contributed by atoms with Crippen LogP contribution in [0.15, 0.2) is 24.3 Å². The third kappa shape index (κ3) is 2.27. The lowest BCUT2D eigenvalue weighted by Gasteiger charge is -2.10. The molecule has 2 heterocycles. The minimum Gasteiger partial charge on any atom is -0.383 e. The Hall–Kier alpha value is -1.61. The number of hydrogen-bond acceptors (Lipinski definition) is 3. The van der Waals surface area contributed by atoms with Crippen molar-refractivity contribution in [2.75, 3.05) is 11.9 Å². The first-order chi connectivity index (χ1) is 9.56. The average molecular weight is 284 g/mol. The molecule has 20 heavy (non-hydrogen) atoms. The van der Waals surface area contributed by atoms with Gasteiger partial charge in [0.15, 0.2) is 0 Å². The average Bonchev–Trinajstić information content (AvgIpc) is 2.72. The van der Waals surface area contributed by atoms with Crippen molar-refractivity contribution < 1.29 is 0 Å². The van der Waals surface area contributed by atoms with E-state index in [9.17, 15) is 0 Å². The number of anilines is 1. The molecule has 0 radical (unpaired) electrons. The summed E-state index contributed by atoms with van der Waals surface area (Å²) in [5.41, 5.74) is 3.44. The first-order valence-corrected chi connectivity index (χ1v) is 7.91. The summed E-state index contributed by atoms with van der Waals surface area (Å²) in [7, 11) is 0. The van der Waals surface area contributed by atoms with Gasteiger partial charge in [-0.25, -0.2) is 0 Å². The van der Waals surface area contributed by atoms with Crippen molar-refractivity contribution in [2.45, 2.75) is 27.7 Å². The van der Waals surface area contributed by atoms with Crippen molar-refractivity contribution >= 4 is 38.0 Å². The number of fused-ring (bicyclic) bond motifs is 3. The molecule has 0 fully saturated rings. The Balaban J connectivity index is 2.25. The van der Waals surface area contributed by atoms with Gasteiger partial charge in [-0.1, -0.05) is 19.9 Å². The fraction of sp³-hybridized carbons (Fsp3) is 0.353. The number of thiophene rings is 1. The predicted molar refractivity (Wildman–Crippen MR) is 89.9 cm³/mol. The Bertz CT molecular complexity index is 771. The van der Waals surface area contributed by atoms with E-state index in [0.717, 1.165) is 17.8 Å². The highest BCUT2D eigenvalue weighted by molar-refractivity contribution is 7.19. The van der Waals surface area contributed by atoms with Gasteiger partial charge in [-0.2, -0.15) is 0 Å². The second-order valence-corrected chi connectivity index (χ2v) is 7.02. The molecule has 3 rings (SSSR count). The number of pyridine rings is 1. The van der Waals surface area contributed by atoms with Crippen LogP contribution in [0.25, 0.3) is 21.0 Å². The van der Waals surface area contributed by atoms with Crippen LogP contribution in [-0.4, -0.2) is 11.5 Å². The topological polar surface area (TPSA) is 24.9 Å². The number of aryl methyl sites for hydroxylation is 2.